The number of halogens is 5. The van der Waals surface area contributed by atoms with Crippen LogP contribution in [-0.4, -0.2) is 10.6 Å². The van der Waals surface area contributed by atoms with E-state index in [1.807, 2.05) is 0 Å². The summed E-state index contributed by atoms with van der Waals surface area (Å²) in [6.07, 6.45) is 0. The Morgan fingerprint density at radius 1 is 1.00 bits per heavy atom. The van der Waals surface area contributed by atoms with Crippen LogP contribution in [0.1, 0.15) is 26.3 Å². The van der Waals surface area contributed by atoms with E-state index in [1.54, 1.807) is 0 Å². The highest BCUT2D eigenvalue weighted by molar-refractivity contribution is 14.1. The zero-order chi connectivity index (χ0) is 14.2. The first-order chi connectivity index (χ1) is 8.07. The standard InChI is InChI=1S/C11H11F4INO/c1-11(2,3)17(18)4-5-6(12)8(14)10(16)9(15)7(5)13/h4H2,1-3H3. The summed E-state index contributed by atoms with van der Waals surface area (Å²) in [7, 11) is 0. The van der Waals surface area contributed by atoms with Gasteiger partial charge < -0.3 is 0 Å². The third kappa shape index (κ3) is 2.94. The van der Waals surface area contributed by atoms with Crippen LogP contribution in [0.2, 0.25) is 0 Å². The smallest absolute Gasteiger partial charge is 0.175 e. The minimum Gasteiger partial charge on any atom is -0.203 e. The molecule has 0 aliphatic rings. The van der Waals surface area contributed by atoms with Crippen molar-refractivity contribution in [3.63, 3.8) is 0 Å². The maximum atomic E-state index is 13.5. The predicted molar refractivity (Wildman–Crippen MR) is 65.0 cm³/mol. The van der Waals surface area contributed by atoms with Gasteiger partial charge in [-0.2, -0.15) is 0 Å². The van der Waals surface area contributed by atoms with Crippen LogP contribution in [0.15, 0.2) is 0 Å². The SMILES string of the molecule is CC(C)(C)N([O])Cc1c(F)c(F)c(I)c(F)c1F. The van der Waals surface area contributed by atoms with Gasteiger partial charge in [0.2, 0.25) is 0 Å². The molecule has 0 saturated heterocycles. The molecule has 2 nitrogen and oxygen atoms in total. The second kappa shape index (κ2) is 5.30. The van der Waals surface area contributed by atoms with Gasteiger partial charge in [-0.15, -0.1) is 10.3 Å². The normalized spacial score (nSPS) is 12.3. The molecular weight excluding hydrogens is 365 g/mol. The molecule has 0 amide bonds. The first-order valence-electron chi connectivity index (χ1n) is 5.02. The number of benzene rings is 1. The number of hydrogen-bond acceptors (Lipinski definition) is 1. The van der Waals surface area contributed by atoms with E-state index in [2.05, 4.69) is 0 Å². The van der Waals surface area contributed by atoms with Gasteiger partial charge in [-0.25, -0.2) is 17.6 Å². The molecular formula is C11H11F4INO. The van der Waals surface area contributed by atoms with Crippen LogP contribution in [0.5, 0.6) is 0 Å². The molecule has 0 heterocycles. The number of hydrogen-bond donors (Lipinski definition) is 0. The molecule has 0 atom stereocenters. The lowest BCUT2D eigenvalue weighted by Crippen LogP contribution is -2.37. The molecule has 0 aliphatic heterocycles. The van der Waals surface area contributed by atoms with Crippen LogP contribution in [-0.2, 0) is 11.8 Å². The van der Waals surface area contributed by atoms with Crippen LogP contribution in [0, 0.1) is 26.8 Å². The van der Waals surface area contributed by atoms with Gasteiger partial charge in [-0.05, 0) is 43.4 Å². The van der Waals surface area contributed by atoms with Crippen molar-refractivity contribution in [3.8, 4) is 0 Å². The second-order valence-electron chi connectivity index (χ2n) is 4.76. The van der Waals surface area contributed by atoms with Crippen molar-refractivity contribution < 1.29 is 22.8 Å². The fourth-order valence-electron chi connectivity index (χ4n) is 1.17. The van der Waals surface area contributed by atoms with Gasteiger partial charge in [0.15, 0.2) is 23.3 Å². The lowest BCUT2D eigenvalue weighted by atomic mass is 10.1. The van der Waals surface area contributed by atoms with E-state index in [4.69, 9.17) is 0 Å². The average molecular weight is 376 g/mol. The van der Waals surface area contributed by atoms with Crippen molar-refractivity contribution in [2.45, 2.75) is 32.9 Å². The largest absolute Gasteiger partial charge is 0.203 e. The molecule has 1 aromatic carbocycles. The van der Waals surface area contributed by atoms with Crippen LogP contribution in [0.3, 0.4) is 0 Å². The molecule has 0 unspecified atom stereocenters. The van der Waals surface area contributed by atoms with Crippen molar-refractivity contribution in [2.24, 2.45) is 0 Å². The zero-order valence-corrected chi connectivity index (χ0v) is 12.1. The van der Waals surface area contributed by atoms with Gasteiger partial charge in [0.25, 0.3) is 0 Å². The van der Waals surface area contributed by atoms with Crippen LogP contribution < -0.4 is 0 Å². The van der Waals surface area contributed by atoms with Crippen molar-refractivity contribution >= 4 is 22.6 Å². The van der Waals surface area contributed by atoms with Gasteiger partial charge >= 0.3 is 0 Å². The van der Waals surface area contributed by atoms with Crippen LogP contribution >= 0.6 is 22.6 Å². The van der Waals surface area contributed by atoms with Gasteiger partial charge in [-0.3, -0.25) is 0 Å². The van der Waals surface area contributed by atoms with Gasteiger partial charge in [0.1, 0.15) is 0 Å². The summed E-state index contributed by atoms with van der Waals surface area (Å²) < 4.78 is 52.8. The van der Waals surface area contributed by atoms with Gasteiger partial charge in [-0.1, -0.05) is 0 Å². The van der Waals surface area contributed by atoms with Crippen molar-refractivity contribution in [2.75, 3.05) is 0 Å². The highest BCUT2D eigenvalue weighted by Gasteiger charge is 2.28. The van der Waals surface area contributed by atoms with Gasteiger partial charge in [0.05, 0.1) is 10.1 Å². The Labute approximate surface area is 116 Å². The third-order valence-corrected chi connectivity index (χ3v) is 3.30. The molecule has 0 bridgehead atoms. The van der Waals surface area contributed by atoms with E-state index in [1.165, 1.54) is 20.8 Å². The maximum Gasteiger partial charge on any atom is 0.175 e. The average Bonchev–Trinajstić information content (AvgIpc) is 2.28. The maximum absolute atomic E-state index is 13.5. The van der Waals surface area contributed by atoms with Crippen molar-refractivity contribution in [3.05, 3.63) is 32.4 Å². The number of rotatable bonds is 2. The first kappa shape index (κ1) is 15.6. The van der Waals surface area contributed by atoms with Gasteiger partial charge in [0, 0.05) is 11.1 Å². The van der Waals surface area contributed by atoms with E-state index >= 15 is 0 Å². The zero-order valence-electron chi connectivity index (χ0n) is 9.95. The number of nitrogens with zero attached hydrogens (tertiary/aromatic N) is 1. The quantitative estimate of drug-likeness (QED) is 0.253. The van der Waals surface area contributed by atoms with E-state index < -0.39 is 44.5 Å². The monoisotopic (exact) mass is 376 g/mol. The Balaban J connectivity index is 3.26. The molecule has 1 aromatic rings. The third-order valence-electron chi connectivity index (χ3n) is 2.35. The van der Waals surface area contributed by atoms with Crippen molar-refractivity contribution in [1.29, 1.82) is 0 Å². The molecule has 0 aromatic heterocycles. The summed E-state index contributed by atoms with van der Waals surface area (Å²) in [6, 6.07) is 0. The fourth-order valence-corrected chi connectivity index (χ4v) is 1.64. The summed E-state index contributed by atoms with van der Waals surface area (Å²) in [5, 5.41) is 11.9. The molecule has 0 saturated carbocycles. The minimum absolute atomic E-state index is 0.361. The van der Waals surface area contributed by atoms with E-state index in [9.17, 15) is 22.8 Å². The lowest BCUT2D eigenvalue weighted by Gasteiger charge is -2.27. The highest BCUT2D eigenvalue weighted by atomic mass is 127. The molecule has 0 N–H and O–H groups in total. The first-order valence-corrected chi connectivity index (χ1v) is 6.10. The molecule has 18 heavy (non-hydrogen) atoms. The molecule has 1 rings (SSSR count). The Bertz CT molecular complexity index is 444. The molecule has 0 aliphatic carbocycles. The molecule has 0 fully saturated rings. The minimum atomic E-state index is -1.52. The van der Waals surface area contributed by atoms with E-state index in [0.29, 0.717) is 5.06 Å². The van der Waals surface area contributed by atoms with E-state index in [0.717, 1.165) is 22.6 Å². The van der Waals surface area contributed by atoms with Crippen LogP contribution in [0.25, 0.3) is 0 Å². The lowest BCUT2D eigenvalue weighted by molar-refractivity contribution is -0.220. The van der Waals surface area contributed by atoms with E-state index in [-0.39, 0.29) is 0 Å². The number of hydroxylamine groups is 2. The van der Waals surface area contributed by atoms with Crippen molar-refractivity contribution in [1.82, 2.24) is 5.06 Å². The molecule has 0 spiro atoms. The molecule has 7 heteroatoms. The summed E-state index contributed by atoms with van der Waals surface area (Å²) in [5.41, 5.74) is -1.81. The molecule has 1 radical (unpaired) electrons. The van der Waals surface area contributed by atoms with Crippen LogP contribution in [0.4, 0.5) is 17.6 Å². The summed E-state index contributed by atoms with van der Waals surface area (Å²) in [5.74, 6) is -6.01. The topological polar surface area (TPSA) is 23.1 Å². The highest BCUT2D eigenvalue weighted by Crippen LogP contribution is 2.27. The summed E-state index contributed by atoms with van der Waals surface area (Å²) in [4.78, 5) is 0. The second-order valence-corrected chi connectivity index (χ2v) is 5.83. The predicted octanol–water partition coefficient (Wildman–Crippen LogP) is 3.79. The summed E-state index contributed by atoms with van der Waals surface area (Å²) in [6.45, 7) is 3.81. The Hall–Kier alpha value is -0.410. The Morgan fingerprint density at radius 2 is 1.39 bits per heavy atom. The fraction of sp³-hybridized carbons (Fsp3) is 0.455. The Morgan fingerprint density at radius 3 is 1.72 bits per heavy atom. The Kier molecular flexibility index (Phi) is 4.60. The summed E-state index contributed by atoms with van der Waals surface area (Å²) >= 11 is 1.16. The molecule has 101 valence electrons.